The SMILES string of the molecule is CCOC(=O)c1sc(N2C(=O)C(=O)C(=C(O)c3ccc(OCc4ccccc4)cc3C)C2c2ccccc2)nc1C. The van der Waals surface area contributed by atoms with Gasteiger partial charge in [0.15, 0.2) is 5.13 Å². The maximum absolute atomic E-state index is 13.5. The van der Waals surface area contributed by atoms with Crippen molar-refractivity contribution < 1.29 is 29.0 Å². The van der Waals surface area contributed by atoms with Crippen molar-refractivity contribution in [2.75, 3.05) is 11.5 Å². The molecule has 41 heavy (non-hydrogen) atoms. The van der Waals surface area contributed by atoms with Gasteiger partial charge in [0.05, 0.1) is 23.9 Å². The molecule has 208 valence electrons. The third kappa shape index (κ3) is 5.49. The number of aromatic nitrogens is 1. The Labute approximate surface area is 241 Å². The van der Waals surface area contributed by atoms with Gasteiger partial charge in [-0.3, -0.25) is 14.5 Å². The highest BCUT2D eigenvalue weighted by Crippen LogP contribution is 2.44. The second-order valence-electron chi connectivity index (χ2n) is 9.46. The summed E-state index contributed by atoms with van der Waals surface area (Å²) in [6.07, 6.45) is 0. The van der Waals surface area contributed by atoms with Gasteiger partial charge in [-0.05, 0) is 55.7 Å². The normalized spacial score (nSPS) is 16.2. The summed E-state index contributed by atoms with van der Waals surface area (Å²) >= 11 is 0.974. The molecule has 1 aliphatic heterocycles. The summed E-state index contributed by atoms with van der Waals surface area (Å²) in [6, 6.07) is 22.9. The van der Waals surface area contributed by atoms with Crippen LogP contribution >= 0.6 is 11.3 Å². The summed E-state index contributed by atoms with van der Waals surface area (Å²) in [5, 5.41) is 11.7. The second-order valence-corrected chi connectivity index (χ2v) is 10.4. The predicted molar refractivity (Wildman–Crippen MR) is 156 cm³/mol. The molecule has 1 fully saturated rings. The lowest BCUT2D eigenvalue weighted by atomic mass is 9.94. The van der Waals surface area contributed by atoms with Gasteiger partial charge >= 0.3 is 11.9 Å². The highest BCUT2D eigenvalue weighted by molar-refractivity contribution is 7.17. The van der Waals surface area contributed by atoms with E-state index in [0.29, 0.717) is 34.7 Å². The van der Waals surface area contributed by atoms with E-state index in [1.54, 1.807) is 63.2 Å². The van der Waals surface area contributed by atoms with E-state index in [9.17, 15) is 19.5 Å². The fraction of sp³-hybridized carbons (Fsp3) is 0.188. The molecule has 1 unspecified atom stereocenters. The molecule has 1 N–H and O–H groups in total. The summed E-state index contributed by atoms with van der Waals surface area (Å²) in [6.45, 7) is 5.72. The Morgan fingerprint density at radius 1 is 1.00 bits per heavy atom. The van der Waals surface area contributed by atoms with E-state index in [4.69, 9.17) is 9.47 Å². The van der Waals surface area contributed by atoms with Crippen LogP contribution < -0.4 is 9.64 Å². The van der Waals surface area contributed by atoms with Crippen LogP contribution in [0.4, 0.5) is 5.13 Å². The predicted octanol–water partition coefficient (Wildman–Crippen LogP) is 6.14. The van der Waals surface area contributed by atoms with Gasteiger partial charge in [-0.15, -0.1) is 0 Å². The number of aryl methyl sites for hydroxylation is 2. The molecule has 0 saturated carbocycles. The zero-order valence-electron chi connectivity index (χ0n) is 22.8. The average molecular weight is 569 g/mol. The van der Waals surface area contributed by atoms with Gasteiger partial charge in [0.1, 0.15) is 23.0 Å². The smallest absolute Gasteiger partial charge is 0.350 e. The van der Waals surface area contributed by atoms with E-state index in [1.807, 2.05) is 36.4 Å². The van der Waals surface area contributed by atoms with E-state index in [0.717, 1.165) is 16.9 Å². The minimum Gasteiger partial charge on any atom is -0.507 e. The van der Waals surface area contributed by atoms with E-state index < -0.39 is 23.7 Å². The third-order valence-electron chi connectivity index (χ3n) is 6.71. The van der Waals surface area contributed by atoms with Crippen molar-refractivity contribution in [2.24, 2.45) is 0 Å². The lowest BCUT2D eigenvalue weighted by molar-refractivity contribution is -0.132. The Balaban J connectivity index is 1.55. The first-order chi connectivity index (χ1) is 19.8. The van der Waals surface area contributed by atoms with Crippen molar-refractivity contribution in [3.63, 3.8) is 0 Å². The number of esters is 1. The van der Waals surface area contributed by atoms with E-state index >= 15 is 0 Å². The zero-order valence-corrected chi connectivity index (χ0v) is 23.6. The Hall–Kier alpha value is -4.76. The van der Waals surface area contributed by atoms with Gasteiger partial charge in [-0.25, -0.2) is 9.78 Å². The minimum absolute atomic E-state index is 0.0622. The molecule has 8 nitrogen and oxygen atoms in total. The number of hydrogen-bond acceptors (Lipinski definition) is 8. The molecule has 1 saturated heterocycles. The molecule has 1 amide bonds. The maximum atomic E-state index is 13.5. The number of aliphatic hydroxyl groups excluding tert-OH is 1. The molecule has 9 heteroatoms. The number of nitrogens with zero attached hydrogens (tertiary/aromatic N) is 2. The monoisotopic (exact) mass is 568 g/mol. The molecule has 4 aromatic rings. The van der Waals surface area contributed by atoms with Crippen molar-refractivity contribution >= 4 is 39.9 Å². The number of hydrogen-bond donors (Lipinski definition) is 1. The lowest BCUT2D eigenvalue weighted by Gasteiger charge is -2.23. The first-order valence-electron chi connectivity index (χ1n) is 13.1. The molecular formula is C32H28N2O6S. The number of amides is 1. The van der Waals surface area contributed by atoms with Crippen LogP contribution in [0.3, 0.4) is 0 Å². The van der Waals surface area contributed by atoms with Crippen LogP contribution in [0.2, 0.25) is 0 Å². The molecule has 0 bridgehead atoms. The Morgan fingerprint density at radius 2 is 1.68 bits per heavy atom. The maximum Gasteiger partial charge on any atom is 0.350 e. The number of carbonyl (C=O) groups is 3. The highest BCUT2D eigenvalue weighted by atomic mass is 32.1. The van der Waals surface area contributed by atoms with Crippen LogP contribution in [-0.2, 0) is 20.9 Å². The molecule has 5 rings (SSSR count). The fourth-order valence-corrected chi connectivity index (χ4v) is 5.72. The van der Waals surface area contributed by atoms with Gasteiger partial charge in [0.25, 0.3) is 5.78 Å². The molecule has 1 atom stereocenters. The number of Topliss-reactive ketones (excluding diaryl/α,β-unsaturated/α-hetero) is 1. The molecule has 1 aliphatic rings. The molecule has 2 heterocycles. The van der Waals surface area contributed by atoms with Gasteiger partial charge in [-0.1, -0.05) is 72.0 Å². The number of ether oxygens (including phenoxy) is 2. The zero-order chi connectivity index (χ0) is 29.1. The van der Waals surface area contributed by atoms with Gasteiger partial charge in [0.2, 0.25) is 0 Å². The quantitative estimate of drug-likeness (QED) is 0.118. The summed E-state index contributed by atoms with van der Waals surface area (Å²) < 4.78 is 11.0. The highest BCUT2D eigenvalue weighted by Gasteiger charge is 2.48. The van der Waals surface area contributed by atoms with Crippen molar-refractivity contribution in [1.82, 2.24) is 4.98 Å². The van der Waals surface area contributed by atoms with Crippen LogP contribution in [0.1, 0.15) is 50.6 Å². The van der Waals surface area contributed by atoms with E-state index in [-0.39, 0.29) is 27.9 Å². The van der Waals surface area contributed by atoms with E-state index in [1.165, 1.54) is 4.90 Å². The van der Waals surface area contributed by atoms with Crippen molar-refractivity contribution in [2.45, 2.75) is 33.4 Å². The first kappa shape index (κ1) is 27.8. The number of rotatable bonds is 8. The van der Waals surface area contributed by atoms with Crippen molar-refractivity contribution in [1.29, 1.82) is 0 Å². The standard InChI is InChI=1S/C32H28N2O6S/c1-4-39-31(38)29-20(3)33-32(41-29)34-26(22-13-9-6-10-14-22)25(28(36)30(34)37)27(35)24-16-15-23(17-19(24)2)40-18-21-11-7-5-8-12-21/h5-17,26,35H,4,18H2,1-3H3. The van der Waals surface area contributed by atoms with E-state index in [2.05, 4.69) is 4.98 Å². The molecule has 1 aromatic heterocycles. The number of ketones is 1. The van der Waals surface area contributed by atoms with Crippen LogP contribution in [0.25, 0.3) is 5.76 Å². The summed E-state index contributed by atoms with van der Waals surface area (Å²) in [5.41, 5.74) is 3.02. The first-order valence-corrected chi connectivity index (χ1v) is 13.9. The summed E-state index contributed by atoms with van der Waals surface area (Å²) in [5.74, 6) is -1.93. The minimum atomic E-state index is -0.954. The Kier molecular flexibility index (Phi) is 7.98. The lowest BCUT2D eigenvalue weighted by Crippen LogP contribution is -2.29. The number of anilines is 1. The number of thiazole rings is 1. The van der Waals surface area contributed by atoms with Gasteiger partial charge in [-0.2, -0.15) is 0 Å². The Morgan fingerprint density at radius 3 is 2.34 bits per heavy atom. The Bertz CT molecular complexity index is 1650. The molecule has 0 radical (unpaired) electrons. The van der Waals surface area contributed by atoms with Crippen LogP contribution in [-0.4, -0.2) is 34.4 Å². The molecular weight excluding hydrogens is 540 g/mol. The number of carbonyl (C=O) groups excluding carboxylic acids is 3. The fourth-order valence-electron chi connectivity index (χ4n) is 4.73. The summed E-state index contributed by atoms with van der Waals surface area (Å²) in [4.78, 5) is 45.4. The van der Waals surface area contributed by atoms with Crippen LogP contribution in [0.15, 0.2) is 84.4 Å². The van der Waals surface area contributed by atoms with Gasteiger partial charge < -0.3 is 14.6 Å². The van der Waals surface area contributed by atoms with Crippen LogP contribution in [0.5, 0.6) is 5.75 Å². The van der Waals surface area contributed by atoms with Crippen LogP contribution in [0, 0.1) is 13.8 Å². The van der Waals surface area contributed by atoms with Gasteiger partial charge in [0, 0.05) is 5.56 Å². The summed E-state index contributed by atoms with van der Waals surface area (Å²) in [7, 11) is 0. The second kappa shape index (κ2) is 11.8. The number of benzene rings is 3. The third-order valence-corrected chi connectivity index (χ3v) is 7.85. The molecule has 3 aromatic carbocycles. The molecule has 0 spiro atoms. The number of aliphatic hydroxyl groups is 1. The van der Waals surface area contributed by atoms with Crippen molar-refractivity contribution in [3.05, 3.63) is 117 Å². The topological polar surface area (TPSA) is 106 Å². The van der Waals surface area contributed by atoms with Crippen molar-refractivity contribution in [3.8, 4) is 5.75 Å². The average Bonchev–Trinajstić information content (AvgIpc) is 3.49. The largest absolute Gasteiger partial charge is 0.507 e. The molecule has 0 aliphatic carbocycles.